The average Bonchev–Trinajstić information content (AvgIpc) is 2.71. The first-order valence-electron chi connectivity index (χ1n) is 5.11. The van der Waals surface area contributed by atoms with Gasteiger partial charge in [0.2, 0.25) is 0 Å². The molecule has 1 aromatic carbocycles. The zero-order valence-electron chi connectivity index (χ0n) is 9.64. The molecule has 0 bridgehead atoms. The maximum atomic E-state index is 5.20. The summed E-state index contributed by atoms with van der Waals surface area (Å²) in [5, 5.41) is 11.0. The summed E-state index contributed by atoms with van der Waals surface area (Å²) in [4.78, 5) is 0. The molecule has 2 rings (SSSR count). The molecule has 0 atom stereocenters. The molecule has 0 amide bonds. The second-order valence-corrected chi connectivity index (χ2v) is 4.50. The smallest absolute Gasteiger partial charge is 0.122 e. The fourth-order valence-electron chi connectivity index (χ4n) is 1.45. The first-order valence-corrected chi connectivity index (χ1v) is 5.90. The molecule has 0 spiro atoms. The van der Waals surface area contributed by atoms with E-state index in [9.17, 15) is 0 Å². The number of nitrogens with one attached hydrogen (secondary N) is 1. The molecular weight excluding hydrogens is 284 g/mol. The van der Waals surface area contributed by atoms with E-state index in [4.69, 9.17) is 4.74 Å². The van der Waals surface area contributed by atoms with Crippen molar-refractivity contribution in [2.45, 2.75) is 6.54 Å². The van der Waals surface area contributed by atoms with Crippen LogP contribution >= 0.6 is 15.9 Å². The van der Waals surface area contributed by atoms with Gasteiger partial charge in [-0.3, -0.25) is 4.68 Å². The van der Waals surface area contributed by atoms with Crippen molar-refractivity contribution in [3.8, 4) is 5.75 Å². The Bertz CT molecular complexity index is 512. The van der Waals surface area contributed by atoms with Gasteiger partial charge >= 0.3 is 0 Å². The third-order valence-corrected chi connectivity index (χ3v) is 2.85. The van der Waals surface area contributed by atoms with Crippen molar-refractivity contribution in [1.82, 2.24) is 15.0 Å². The van der Waals surface area contributed by atoms with Gasteiger partial charge in [-0.1, -0.05) is 21.1 Å². The summed E-state index contributed by atoms with van der Waals surface area (Å²) in [7, 11) is 3.52. The molecule has 1 N–H and O–H groups in total. The monoisotopic (exact) mass is 296 g/mol. The molecule has 90 valence electrons. The van der Waals surface area contributed by atoms with E-state index in [0.29, 0.717) is 6.54 Å². The second-order valence-electron chi connectivity index (χ2n) is 3.58. The van der Waals surface area contributed by atoms with Gasteiger partial charge in [-0.05, 0) is 12.1 Å². The molecule has 0 aliphatic heterocycles. The van der Waals surface area contributed by atoms with Gasteiger partial charge in [-0.2, -0.15) is 0 Å². The predicted octanol–water partition coefficient (Wildman–Crippen LogP) is 2.20. The summed E-state index contributed by atoms with van der Waals surface area (Å²) in [5.41, 5.74) is 2.00. The Kier molecular flexibility index (Phi) is 3.63. The van der Waals surface area contributed by atoms with E-state index in [1.165, 1.54) is 0 Å². The van der Waals surface area contributed by atoms with Crippen molar-refractivity contribution < 1.29 is 4.74 Å². The molecule has 17 heavy (non-hydrogen) atoms. The number of hydrogen-bond donors (Lipinski definition) is 1. The van der Waals surface area contributed by atoms with Crippen LogP contribution in [0.2, 0.25) is 0 Å². The van der Waals surface area contributed by atoms with Crippen LogP contribution in [0, 0.1) is 0 Å². The Hall–Kier alpha value is -1.56. The normalized spacial score (nSPS) is 10.3. The number of hydrogen-bond acceptors (Lipinski definition) is 4. The minimum atomic E-state index is 0.670. The third kappa shape index (κ3) is 2.97. The second kappa shape index (κ2) is 5.18. The molecule has 1 heterocycles. The highest BCUT2D eigenvalue weighted by Gasteiger charge is 2.02. The standard InChI is InChI=1S/C11H13BrN4O/c1-16-10(7-14-15-16)6-13-9-3-8(12)4-11(5-9)17-2/h3-5,7,13H,6H2,1-2H3. The highest BCUT2D eigenvalue weighted by molar-refractivity contribution is 9.10. The minimum absolute atomic E-state index is 0.670. The number of aromatic nitrogens is 3. The van der Waals surface area contributed by atoms with Crippen LogP contribution < -0.4 is 10.1 Å². The summed E-state index contributed by atoms with van der Waals surface area (Å²) < 4.78 is 7.91. The number of ether oxygens (including phenoxy) is 1. The average molecular weight is 297 g/mol. The zero-order chi connectivity index (χ0) is 12.3. The van der Waals surface area contributed by atoms with E-state index in [2.05, 4.69) is 31.6 Å². The van der Waals surface area contributed by atoms with Gasteiger partial charge < -0.3 is 10.1 Å². The largest absolute Gasteiger partial charge is 0.497 e. The number of halogens is 1. The van der Waals surface area contributed by atoms with E-state index in [1.54, 1.807) is 18.0 Å². The van der Waals surface area contributed by atoms with Crippen molar-refractivity contribution in [3.63, 3.8) is 0 Å². The van der Waals surface area contributed by atoms with E-state index in [0.717, 1.165) is 21.6 Å². The summed E-state index contributed by atoms with van der Waals surface area (Å²) in [5.74, 6) is 0.810. The molecule has 0 aliphatic carbocycles. The molecule has 0 fully saturated rings. The van der Waals surface area contributed by atoms with Crippen LogP contribution in [0.4, 0.5) is 5.69 Å². The van der Waals surface area contributed by atoms with Crippen molar-refractivity contribution in [2.75, 3.05) is 12.4 Å². The minimum Gasteiger partial charge on any atom is -0.497 e. The van der Waals surface area contributed by atoms with Gasteiger partial charge in [0, 0.05) is 23.3 Å². The lowest BCUT2D eigenvalue weighted by molar-refractivity contribution is 0.414. The van der Waals surface area contributed by atoms with Gasteiger partial charge in [0.25, 0.3) is 0 Å². The van der Waals surface area contributed by atoms with Crippen LogP contribution in [0.3, 0.4) is 0 Å². The van der Waals surface area contributed by atoms with E-state index in [-0.39, 0.29) is 0 Å². The molecule has 0 saturated heterocycles. The van der Waals surface area contributed by atoms with Crippen LogP contribution in [-0.2, 0) is 13.6 Å². The lowest BCUT2D eigenvalue weighted by Crippen LogP contribution is -2.05. The third-order valence-electron chi connectivity index (χ3n) is 2.39. The summed E-state index contributed by atoms with van der Waals surface area (Å²) >= 11 is 3.44. The Balaban J connectivity index is 2.09. The lowest BCUT2D eigenvalue weighted by Gasteiger charge is -2.08. The maximum Gasteiger partial charge on any atom is 0.122 e. The highest BCUT2D eigenvalue weighted by atomic mass is 79.9. The number of anilines is 1. The molecule has 6 heteroatoms. The molecule has 0 aliphatic rings. The van der Waals surface area contributed by atoms with Crippen molar-refractivity contribution in [2.24, 2.45) is 7.05 Å². The lowest BCUT2D eigenvalue weighted by atomic mass is 10.3. The SMILES string of the molecule is COc1cc(Br)cc(NCc2cnnn2C)c1. The van der Waals surface area contributed by atoms with Crippen molar-refractivity contribution >= 4 is 21.6 Å². The van der Waals surface area contributed by atoms with Crippen molar-refractivity contribution in [1.29, 1.82) is 0 Å². The molecule has 2 aromatic rings. The quantitative estimate of drug-likeness (QED) is 0.940. The van der Waals surface area contributed by atoms with Crippen molar-refractivity contribution in [3.05, 3.63) is 34.6 Å². The molecule has 1 aromatic heterocycles. The Morgan fingerprint density at radius 2 is 2.24 bits per heavy atom. The Morgan fingerprint density at radius 1 is 1.41 bits per heavy atom. The fraction of sp³-hybridized carbons (Fsp3) is 0.273. The highest BCUT2D eigenvalue weighted by Crippen LogP contribution is 2.24. The van der Waals surface area contributed by atoms with Crippen LogP contribution in [-0.4, -0.2) is 22.1 Å². The van der Waals surface area contributed by atoms with E-state index in [1.807, 2.05) is 25.2 Å². The van der Waals surface area contributed by atoms with Gasteiger partial charge in [0.1, 0.15) is 5.75 Å². The number of rotatable bonds is 4. The van der Waals surface area contributed by atoms with Crippen LogP contribution in [0.25, 0.3) is 0 Å². The fourth-order valence-corrected chi connectivity index (χ4v) is 1.92. The maximum absolute atomic E-state index is 5.20. The topological polar surface area (TPSA) is 52.0 Å². The zero-order valence-corrected chi connectivity index (χ0v) is 11.2. The molecular formula is C11H13BrN4O. The first kappa shape index (κ1) is 11.9. The Morgan fingerprint density at radius 3 is 2.88 bits per heavy atom. The van der Waals surface area contributed by atoms with Gasteiger partial charge in [-0.15, -0.1) is 5.10 Å². The summed E-state index contributed by atoms with van der Waals surface area (Å²) in [6, 6.07) is 5.84. The van der Waals surface area contributed by atoms with Crippen LogP contribution in [0.1, 0.15) is 5.69 Å². The van der Waals surface area contributed by atoms with Crippen LogP contribution in [0.5, 0.6) is 5.75 Å². The molecule has 0 unspecified atom stereocenters. The summed E-state index contributed by atoms with van der Waals surface area (Å²) in [6.45, 7) is 0.670. The molecule has 0 radical (unpaired) electrons. The van der Waals surface area contributed by atoms with Gasteiger partial charge in [-0.25, -0.2) is 0 Å². The van der Waals surface area contributed by atoms with E-state index >= 15 is 0 Å². The van der Waals surface area contributed by atoms with Gasteiger partial charge in [0.15, 0.2) is 0 Å². The number of methoxy groups -OCH3 is 1. The molecule has 0 saturated carbocycles. The number of aryl methyl sites for hydroxylation is 1. The molecule has 5 nitrogen and oxygen atoms in total. The Labute approximate surface area is 108 Å². The number of benzene rings is 1. The summed E-state index contributed by atoms with van der Waals surface area (Å²) in [6.07, 6.45) is 1.74. The van der Waals surface area contributed by atoms with E-state index < -0.39 is 0 Å². The first-order chi connectivity index (χ1) is 8.19. The number of nitrogens with zero attached hydrogens (tertiary/aromatic N) is 3. The van der Waals surface area contributed by atoms with Gasteiger partial charge in [0.05, 0.1) is 25.5 Å². The van der Waals surface area contributed by atoms with Crippen LogP contribution in [0.15, 0.2) is 28.9 Å². The predicted molar refractivity (Wildman–Crippen MR) is 69.0 cm³/mol.